The molecule has 102 valence electrons. The van der Waals surface area contributed by atoms with Crippen LogP contribution in [0.5, 0.6) is 0 Å². The third-order valence-corrected chi connectivity index (χ3v) is 2.55. The molecule has 0 fully saturated rings. The second-order valence-electron chi connectivity index (χ2n) is 3.81. The molecule has 0 saturated heterocycles. The van der Waals surface area contributed by atoms with E-state index in [1.807, 2.05) is 0 Å². The summed E-state index contributed by atoms with van der Waals surface area (Å²) in [4.78, 5) is 15.7. The van der Waals surface area contributed by atoms with Crippen molar-refractivity contribution < 1.29 is 9.53 Å². The van der Waals surface area contributed by atoms with Gasteiger partial charge < -0.3 is 10.1 Å². The fourth-order valence-corrected chi connectivity index (χ4v) is 1.63. The van der Waals surface area contributed by atoms with Gasteiger partial charge >= 0.3 is 6.03 Å². The molecule has 2 aromatic heterocycles. The van der Waals surface area contributed by atoms with Crippen LogP contribution < -0.4 is 10.6 Å². The second-order valence-corrected chi connectivity index (χ2v) is 4.25. The van der Waals surface area contributed by atoms with E-state index in [4.69, 9.17) is 16.3 Å². The lowest BCUT2D eigenvalue weighted by Crippen LogP contribution is -2.30. The van der Waals surface area contributed by atoms with Gasteiger partial charge in [-0.2, -0.15) is 4.98 Å². The van der Waals surface area contributed by atoms with E-state index in [1.54, 1.807) is 25.4 Å². The number of nitrogens with zero attached hydrogens (tertiary/aromatic N) is 3. The summed E-state index contributed by atoms with van der Waals surface area (Å²) in [5, 5.41) is 9.86. The molecule has 0 unspecified atom stereocenters. The van der Waals surface area contributed by atoms with Crippen molar-refractivity contribution in [2.24, 2.45) is 0 Å². The zero-order valence-corrected chi connectivity index (χ0v) is 11.1. The SMILES string of the molecule is COCCCNC(=O)Nc1nc2ccc(Cl)cn2n1. The summed E-state index contributed by atoms with van der Waals surface area (Å²) in [5.41, 5.74) is 0.610. The summed E-state index contributed by atoms with van der Waals surface area (Å²) in [5.74, 6) is 0.228. The summed E-state index contributed by atoms with van der Waals surface area (Å²) in [6, 6.07) is 3.08. The van der Waals surface area contributed by atoms with E-state index in [0.29, 0.717) is 23.8 Å². The highest BCUT2D eigenvalue weighted by atomic mass is 35.5. The molecule has 0 atom stereocenters. The minimum absolute atomic E-state index is 0.228. The summed E-state index contributed by atoms with van der Waals surface area (Å²) in [6.07, 6.45) is 2.36. The maximum Gasteiger partial charge on any atom is 0.321 e. The van der Waals surface area contributed by atoms with Gasteiger partial charge in [0, 0.05) is 26.5 Å². The van der Waals surface area contributed by atoms with Gasteiger partial charge in [-0.15, -0.1) is 5.10 Å². The van der Waals surface area contributed by atoms with Crippen LogP contribution >= 0.6 is 11.6 Å². The molecule has 0 aliphatic carbocycles. The summed E-state index contributed by atoms with van der Waals surface area (Å²) in [7, 11) is 1.62. The number of fused-ring (bicyclic) bond motifs is 1. The molecular weight excluding hydrogens is 270 g/mol. The molecule has 2 aromatic rings. The third kappa shape index (κ3) is 3.80. The maximum atomic E-state index is 11.5. The third-order valence-electron chi connectivity index (χ3n) is 2.33. The topological polar surface area (TPSA) is 80.5 Å². The van der Waals surface area contributed by atoms with E-state index in [-0.39, 0.29) is 12.0 Å². The van der Waals surface area contributed by atoms with Crippen LogP contribution in [-0.4, -0.2) is 40.9 Å². The van der Waals surface area contributed by atoms with Crippen molar-refractivity contribution in [1.29, 1.82) is 0 Å². The van der Waals surface area contributed by atoms with E-state index < -0.39 is 0 Å². The number of halogens is 1. The summed E-state index contributed by atoms with van der Waals surface area (Å²) < 4.78 is 6.38. The molecule has 0 aromatic carbocycles. The molecule has 0 saturated carbocycles. The van der Waals surface area contributed by atoms with Crippen molar-refractivity contribution in [3.8, 4) is 0 Å². The van der Waals surface area contributed by atoms with E-state index in [9.17, 15) is 4.79 Å². The van der Waals surface area contributed by atoms with Gasteiger partial charge in [-0.1, -0.05) is 11.6 Å². The van der Waals surface area contributed by atoms with Gasteiger partial charge in [-0.3, -0.25) is 5.32 Å². The lowest BCUT2D eigenvalue weighted by molar-refractivity contribution is 0.194. The number of carbonyl (C=O) groups excluding carboxylic acids is 1. The van der Waals surface area contributed by atoms with Crippen LogP contribution in [0.3, 0.4) is 0 Å². The average molecular weight is 284 g/mol. The Morgan fingerprint density at radius 1 is 1.53 bits per heavy atom. The van der Waals surface area contributed by atoms with E-state index in [1.165, 1.54) is 4.52 Å². The molecule has 0 aliphatic rings. The largest absolute Gasteiger partial charge is 0.385 e. The molecule has 0 bridgehead atoms. The first kappa shape index (κ1) is 13.6. The summed E-state index contributed by atoms with van der Waals surface area (Å²) in [6.45, 7) is 1.13. The Kier molecular flexibility index (Phi) is 4.53. The van der Waals surface area contributed by atoms with Crippen molar-refractivity contribution in [3.05, 3.63) is 23.4 Å². The first-order chi connectivity index (χ1) is 9.19. The Morgan fingerprint density at radius 2 is 2.37 bits per heavy atom. The number of urea groups is 1. The molecule has 2 N–H and O–H groups in total. The Balaban J connectivity index is 1.91. The number of ether oxygens (including phenoxy) is 1. The first-order valence-corrected chi connectivity index (χ1v) is 6.12. The fourth-order valence-electron chi connectivity index (χ4n) is 1.48. The van der Waals surface area contributed by atoms with Crippen LogP contribution in [0.1, 0.15) is 6.42 Å². The number of nitrogens with one attached hydrogen (secondary N) is 2. The number of anilines is 1. The number of rotatable bonds is 5. The highest BCUT2D eigenvalue weighted by molar-refractivity contribution is 6.30. The number of methoxy groups -OCH3 is 1. The van der Waals surface area contributed by atoms with Crippen molar-refractivity contribution >= 4 is 29.2 Å². The highest BCUT2D eigenvalue weighted by Crippen LogP contribution is 2.11. The maximum absolute atomic E-state index is 11.5. The molecule has 19 heavy (non-hydrogen) atoms. The predicted molar refractivity (Wildman–Crippen MR) is 71.5 cm³/mol. The molecule has 0 aliphatic heterocycles. The Labute approximate surface area is 114 Å². The van der Waals surface area contributed by atoms with Gasteiger partial charge in [0.2, 0.25) is 0 Å². The molecule has 7 nitrogen and oxygen atoms in total. The Hall–Kier alpha value is -1.86. The zero-order chi connectivity index (χ0) is 13.7. The van der Waals surface area contributed by atoms with Crippen molar-refractivity contribution in [3.63, 3.8) is 0 Å². The standard InChI is InChI=1S/C11H14ClN5O2/c1-19-6-2-5-13-11(18)15-10-14-9-4-3-8(12)7-17(9)16-10/h3-4,7H,2,5-6H2,1H3,(H2,13,15,16,18). The average Bonchev–Trinajstić information content (AvgIpc) is 2.76. The number of hydrogen-bond donors (Lipinski definition) is 2. The van der Waals surface area contributed by atoms with Gasteiger partial charge in [0.1, 0.15) is 0 Å². The predicted octanol–water partition coefficient (Wildman–Crippen LogP) is 1.54. The van der Waals surface area contributed by atoms with E-state index >= 15 is 0 Å². The van der Waals surface area contributed by atoms with Gasteiger partial charge in [0.15, 0.2) is 5.65 Å². The van der Waals surface area contributed by atoms with Crippen LogP contribution in [0.4, 0.5) is 10.7 Å². The Bertz CT molecular complexity index is 571. The number of amides is 2. The molecule has 2 rings (SSSR count). The van der Waals surface area contributed by atoms with Crippen molar-refractivity contribution in [2.75, 3.05) is 25.6 Å². The molecular formula is C11H14ClN5O2. The molecule has 0 spiro atoms. The van der Waals surface area contributed by atoms with Crippen LogP contribution in [0.2, 0.25) is 5.02 Å². The second kappa shape index (κ2) is 6.35. The zero-order valence-electron chi connectivity index (χ0n) is 10.4. The van der Waals surface area contributed by atoms with E-state index in [2.05, 4.69) is 20.7 Å². The smallest absolute Gasteiger partial charge is 0.321 e. The highest BCUT2D eigenvalue weighted by Gasteiger charge is 2.07. The van der Waals surface area contributed by atoms with Crippen LogP contribution in [0, 0.1) is 0 Å². The van der Waals surface area contributed by atoms with Gasteiger partial charge in [-0.05, 0) is 18.6 Å². The van der Waals surface area contributed by atoms with Gasteiger partial charge in [0.25, 0.3) is 5.95 Å². The van der Waals surface area contributed by atoms with Crippen molar-refractivity contribution in [2.45, 2.75) is 6.42 Å². The fraction of sp³-hybridized carbons (Fsp3) is 0.364. The van der Waals surface area contributed by atoms with E-state index in [0.717, 1.165) is 6.42 Å². The number of aromatic nitrogens is 3. The Morgan fingerprint density at radius 3 is 3.16 bits per heavy atom. The van der Waals surface area contributed by atoms with Crippen molar-refractivity contribution in [1.82, 2.24) is 19.9 Å². The monoisotopic (exact) mass is 283 g/mol. The molecule has 8 heteroatoms. The lowest BCUT2D eigenvalue weighted by Gasteiger charge is -2.03. The van der Waals surface area contributed by atoms with Crippen LogP contribution in [-0.2, 0) is 4.74 Å². The van der Waals surface area contributed by atoms with Gasteiger partial charge in [-0.25, -0.2) is 9.31 Å². The first-order valence-electron chi connectivity index (χ1n) is 5.75. The minimum Gasteiger partial charge on any atom is -0.385 e. The van der Waals surface area contributed by atoms with Crippen LogP contribution in [0.15, 0.2) is 18.3 Å². The number of hydrogen-bond acceptors (Lipinski definition) is 4. The summed E-state index contributed by atoms with van der Waals surface area (Å²) >= 11 is 5.83. The quantitative estimate of drug-likeness (QED) is 0.816. The molecule has 2 heterocycles. The lowest BCUT2D eigenvalue weighted by atomic mass is 10.4. The van der Waals surface area contributed by atoms with Gasteiger partial charge in [0.05, 0.1) is 5.02 Å². The normalized spacial score (nSPS) is 10.6. The number of pyridine rings is 1. The number of carbonyl (C=O) groups is 1. The molecule has 2 amide bonds. The van der Waals surface area contributed by atoms with Crippen LogP contribution in [0.25, 0.3) is 5.65 Å². The molecule has 0 radical (unpaired) electrons. The minimum atomic E-state index is -0.349.